The van der Waals surface area contributed by atoms with Crippen molar-refractivity contribution in [1.29, 1.82) is 0 Å². The molecule has 1 aliphatic rings. The SMILES string of the molecule is O=C(O)[C@@H]1CN(c2ncc[nH]c2=O)C[C@H]1C(F)(F)F. The number of aliphatic carboxylic acids is 1. The second-order valence-electron chi connectivity index (χ2n) is 4.24. The lowest BCUT2D eigenvalue weighted by atomic mass is 9.96. The van der Waals surface area contributed by atoms with Gasteiger partial charge in [0.05, 0.1) is 11.8 Å². The maximum absolute atomic E-state index is 12.8. The summed E-state index contributed by atoms with van der Waals surface area (Å²) in [6.45, 7) is -0.972. The smallest absolute Gasteiger partial charge is 0.394 e. The molecule has 1 aromatic heterocycles. The zero-order valence-electron chi connectivity index (χ0n) is 9.52. The van der Waals surface area contributed by atoms with Gasteiger partial charge < -0.3 is 15.0 Å². The summed E-state index contributed by atoms with van der Waals surface area (Å²) in [5.41, 5.74) is -0.644. The van der Waals surface area contributed by atoms with Crippen LogP contribution in [-0.4, -0.2) is 40.3 Å². The highest BCUT2D eigenvalue weighted by atomic mass is 19.4. The molecule has 2 N–H and O–H groups in total. The predicted molar refractivity (Wildman–Crippen MR) is 57.7 cm³/mol. The minimum atomic E-state index is -4.63. The van der Waals surface area contributed by atoms with Crippen molar-refractivity contribution in [2.24, 2.45) is 11.8 Å². The Morgan fingerprint density at radius 3 is 2.63 bits per heavy atom. The molecule has 6 nitrogen and oxygen atoms in total. The van der Waals surface area contributed by atoms with Gasteiger partial charge in [-0.1, -0.05) is 0 Å². The number of aromatic nitrogens is 2. The Kier molecular flexibility index (Phi) is 3.21. The summed E-state index contributed by atoms with van der Waals surface area (Å²) < 4.78 is 38.3. The second-order valence-corrected chi connectivity index (χ2v) is 4.24. The van der Waals surface area contributed by atoms with Crippen LogP contribution in [0.3, 0.4) is 0 Å². The van der Waals surface area contributed by atoms with Crippen LogP contribution in [0, 0.1) is 11.8 Å². The van der Waals surface area contributed by atoms with Crippen LogP contribution in [0.15, 0.2) is 17.2 Å². The minimum absolute atomic E-state index is 0.194. The van der Waals surface area contributed by atoms with Gasteiger partial charge in [0.1, 0.15) is 0 Å². The normalized spacial score (nSPS) is 23.6. The first-order valence-corrected chi connectivity index (χ1v) is 5.39. The van der Waals surface area contributed by atoms with Gasteiger partial charge >= 0.3 is 12.1 Å². The maximum atomic E-state index is 12.8. The molecule has 19 heavy (non-hydrogen) atoms. The van der Waals surface area contributed by atoms with Gasteiger partial charge in [0.15, 0.2) is 5.82 Å². The Morgan fingerprint density at radius 2 is 2.16 bits per heavy atom. The van der Waals surface area contributed by atoms with E-state index in [0.29, 0.717) is 0 Å². The molecule has 0 saturated carbocycles. The van der Waals surface area contributed by atoms with E-state index in [1.807, 2.05) is 0 Å². The number of carbonyl (C=O) groups is 1. The average Bonchev–Trinajstić information content (AvgIpc) is 2.74. The van der Waals surface area contributed by atoms with Gasteiger partial charge in [0.2, 0.25) is 0 Å². The third-order valence-corrected chi connectivity index (χ3v) is 3.05. The Labute approximate surface area is 104 Å². The first kappa shape index (κ1) is 13.4. The molecular weight excluding hydrogens is 267 g/mol. The number of carboxylic acid groups (broad SMARTS) is 1. The quantitative estimate of drug-likeness (QED) is 0.820. The van der Waals surface area contributed by atoms with Gasteiger partial charge in [-0.05, 0) is 0 Å². The molecule has 2 heterocycles. The third-order valence-electron chi connectivity index (χ3n) is 3.05. The standard InChI is InChI=1S/C10H10F3N3O3/c11-10(12,13)6-4-16(3-5(6)9(18)19)7-8(17)15-2-1-14-7/h1-2,5-6H,3-4H2,(H,15,17)(H,18,19)/t5-,6-/m1/s1. The third kappa shape index (κ3) is 2.54. The first-order chi connectivity index (χ1) is 8.80. The lowest BCUT2D eigenvalue weighted by molar-refractivity contribution is -0.187. The number of carboxylic acids is 1. The summed E-state index contributed by atoms with van der Waals surface area (Å²) in [4.78, 5) is 29.4. The van der Waals surface area contributed by atoms with Crippen LogP contribution >= 0.6 is 0 Å². The van der Waals surface area contributed by atoms with E-state index in [1.165, 1.54) is 12.4 Å². The first-order valence-electron chi connectivity index (χ1n) is 5.39. The van der Waals surface area contributed by atoms with Crippen LogP contribution in [0.4, 0.5) is 19.0 Å². The van der Waals surface area contributed by atoms with Crippen LogP contribution in [0.2, 0.25) is 0 Å². The van der Waals surface area contributed by atoms with Crippen LogP contribution in [0.25, 0.3) is 0 Å². The number of aromatic amines is 1. The van der Waals surface area contributed by atoms with Crippen molar-refractivity contribution in [1.82, 2.24) is 9.97 Å². The molecule has 0 bridgehead atoms. The molecule has 2 rings (SSSR count). The number of halogens is 3. The van der Waals surface area contributed by atoms with Crippen LogP contribution in [0.5, 0.6) is 0 Å². The molecule has 0 amide bonds. The highest BCUT2D eigenvalue weighted by molar-refractivity contribution is 5.72. The molecule has 9 heteroatoms. The number of nitrogens with zero attached hydrogens (tertiary/aromatic N) is 2. The van der Waals surface area contributed by atoms with Crippen molar-refractivity contribution >= 4 is 11.8 Å². The van der Waals surface area contributed by atoms with E-state index in [-0.39, 0.29) is 12.4 Å². The fourth-order valence-corrected chi connectivity index (χ4v) is 2.13. The van der Waals surface area contributed by atoms with Gasteiger partial charge in [0, 0.05) is 25.5 Å². The molecule has 0 radical (unpaired) electrons. The molecule has 1 fully saturated rings. The average molecular weight is 277 g/mol. The predicted octanol–water partition coefficient (Wildman–Crippen LogP) is 0.469. The van der Waals surface area contributed by atoms with E-state index < -0.39 is 36.1 Å². The summed E-state index contributed by atoms with van der Waals surface area (Å²) >= 11 is 0. The van der Waals surface area contributed by atoms with E-state index in [1.54, 1.807) is 0 Å². The Bertz CT molecular complexity index is 543. The van der Waals surface area contributed by atoms with Crippen LogP contribution in [0.1, 0.15) is 0 Å². The second kappa shape index (κ2) is 4.56. The lowest BCUT2D eigenvalue weighted by Crippen LogP contribution is -2.34. The minimum Gasteiger partial charge on any atom is -0.481 e. The number of rotatable bonds is 2. The summed E-state index contributed by atoms with van der Waals surface area (Å²) in [5.74, 6) is -5.33. The molecule has 0 aliphatic carbocycles. The molecule has 2 atom stereocenters. The molecule has 1 aliphatic heterocycles. The Balaban J connectivity index is 2.31. The highest BCUT2D eigenvalue weighted by Crippen LogP contribution is 2.38. The van der Waals surface area contributed by atoms with Crippen molar-refractivity contribution in [3.05, 3.63) is 22.7 Å². The van der Waals surface area contributed by atoms with Crippen LogP contribution < -0.4 is 10.5 Å². The van der Waals surface area contributed by atoms with E-state index >= 15 is 0 Å². The molecule has 104 valence electrons. The summed E-state index contributed by atoms with van der Waals surface area (Å²) in [7, 11) is 0. The lowest BCUT2D eigenvalue weighted by Gasteiger charge is -2.18. The topological polar surface area (TPSA) is 86.3 Å². The largest absolute Gasteiger partial charge is 0.481 e. The van der Waals surface area contributed by atoms with E-state index in [9.17, 15) is 22.8 Å². The number of anilines is 1. The van der Waals surface area contributed by atoms with Crippen molar-refractivity contribution in [3.8, 4) is 0 Å². The molecule has 1 saturated heterocycles. The maximum Gasteiger partial charge on any atom is 0.394 e. The molecule has 0 spiro atoms. The molecular formula is C10H10F3N3O3. The van der Waals surface area contributed by atoms with Crippen molar-refractivity contribution in [3.63, 3.8) is 0 Å². The number of hydrogen-bond donors (Lipinski definition) is 2. The van der Waals surface area contributed by atoms with Gasteiger partial charge in [-0.15, -0.1) is 0 Å². The van der Waals surface area contributed by atoms with Crippen molar-refractivity contribution in [2.75, 3.05) is 18.0 Å². The van der Waals surface area contributed by atoms with Gasteiger partial charge in [0.25, 0.3) is 5.56 Å². The molecule has 0 unspecified atom stereocenters. The molecule has 0 aromatic carbocycles. The monoisotopic (exact) mass is 277 g/mol. The fourth-order valence-electron chi connectivity index (χ4n) is 2.13. The van der Waals surface area contributed by atoms with Gasteiger partial charge in [-0.3, -0.25) is 9.59 Å². The zero-order chi connectivity index (χ0) is 14.2. The summed E-state index contributed by atoms with van der Waals surface area (Å²) in [5, 5.41) is 8.85. The summed E-state index contributed by atoms with van der Waals surface area (Å²) in [6.07, 6.45) is -2.15. The van der Waals surface area contributed by atoms with Gasteiger partial charge in [-0.2, -0.15) is 13.2 Å². The van der Waals surface area contributed by atoms with Crippen LogP contribution in [-0.2, 0) is 4.79 Å². The Morgan fingerprint density at radius 1 is 1.47 bits per heavy atom. The number of nitrogens with one attached hydrogen (secondary N) is 1. The van der Waals surface area contributed by atoms with Crippen molar-refractivity contribution in [2.45, 2.75) is 6.18 Å². The number of H-pyrrole nitrogens is 1. The van der Waals surface area contributed by atoms with Crippen molar-refractivity contribution < 1.29 is 23.1 Å². The fraction of sp³-hybridized carbons (Fsp3) is 0.500. The van der Waals surface area contributed by atoms with Gasteiger partial charge in [-0.25, -0.2) is 4.98 Å². The summed E-state index contributed by atoms with van der Waals surface area (Å²) in [6, 6.07) is 0. The number of hydrogen-bond acceptors (Lipinski definition) is 4. The Hall–Kier alpha value is -2.06. The number of alkyl halides is 3. The zero-order valence-corrected chi connectivity index (χ0v) is 9.52. The highest BCUT2D eigenvalue weighted by Gasteiger charge is 2.53. The van der Waals surface area contributed by atoms with E-state index in [4.69, 9.17) is 5.11 Å². The van der Waals surface area contributed by atoms with E-state index in [2.05, 4.69) is 9.97 Å². The molecule has 1 aromatic rings. The van der Waals surface area contributed by atoms with E-state index in [0.717, 1.165) is 4.90 Å².